The molecule has 0 spiro atoms. The first-order chi connectivity index (χ1) is 9.42. The van der Waals surface area contributed by atoms with E-state index in [0.717, 1.165) is 30.1 Å². The summed E-state index contributed by atoms with van der Waals surface area (Å²) >= 11 is 0. The van der Waals surface area contributed by atoms with Gasteiger partial charge in [-0.15, -0.1) is 0 Å². The van der Waals surface area contributed by atoms with Gasteiger partial charge in [0.25, 0.3) is 0 Å². The smallest absolute Gasteiger partial charge is 0.0855 e. The largest absolute Gasteiger partial charge is 0.149 e. The first-order valence-electron chi connectivity index (χ1n) is 9.11. The van der Waals surface area contributed by atoms with Gasteiger partial charge in [0.2, 0.25) is 0 Å². The molecule has 0 nitrogen and oxygen atoms in total. The summed E-state index contributed by atoms with van der Waals surface area (Å²) in [6.07, 6.45) is 21.0. The summed E-state index contributed by atoms with van der Waals surface area (Å²) in [6.45, 7) is 1.13. The highest BCUT2D eigenvalue weighted by Gasteiger charge is 2.44. The van der Waals surface area contributed by atoms with E-state index < -0.39 is 0 Å². The molecule has 1 saturated carbocycles. The normalized spacial score (nSPS) is 42.5. The zero-order chi connectivity index (χ0) is 12.7. The van der Waals surface area contributed by atoms with E-state index in [2.05, 4.69) is 6.08 Å². The zero-order valence-corrected chi connectivity index (χ0v) is 12.4. The third-order valence-corrected chi connectivity index (χ3v) is 7.00. The van der Waals surface area contributed by atoms with Crippen LogP contribution in [0.15, 0.2) is 11.6 Å². The van der Waals surface area contributed by atoms with Crippen LogP contribution in [0.5, 0.6) is 0 Å². The van der Waals surface area contributed by atoms with Gasteiger partial charge in [0.15, 0.2) is 0 Å². The van der Waals surface area contributed by atoms with Crippen LogP contribution in [0.25, 0.3) is 0 Å². The lowest BCUT2D eigenvalue weighted by atomic mass is 9.21. The van der Waals surface area contributed by atoms with Crippen molar-refractivity contribution < 1.29 is 0 Å². The van der Waals surface area contributed by atoms with Crippen LogP contribution >= 0.6 is 0 Å². The van der Waals surface area contributed by atoms with E-state index in [4.69, 9.17) is 0 Å². The molecule has 0 unspecified atom stereocenters. The van der Waals surface area contributed by atoms with Crippen LogP contribution in [0.4, 0.5) is 0 Å². The maximum Gasteiger partial charge on any atom is 0.149 e. The van der Waals surface area contributed by atoms with Gasteiger partial charge in [0, 0.05) is 0 Å². The van der Waals surface area contributed by atoms with Crippen molar-refractivity contribution in [3.8, 4) is 0 Å². The van der Waals surface area contributed by atoms with Crippen molar-refractivity contribution in [1.82, 2.24) is 0 Å². The Labute approximate surface area is 119 Å². The molecule has 0 aromatic carbocycles. The lowest BCUT2D eigenvalue weighted by Crippen LogP contribution is -2.40. The predicted octanol–water partition coefficient (Wildman–Crippen LogP) is 5.87. The molecule has 2 atom stereocenters. The van der Waals surface area contributed by atoms with E-state index in [1.54, 1.807) is 44.9 Å². The molecule has 19 heavy (non-hydrogen) atoms. The van der Waals surface area contributed by atoms with Crippen molar-refractivity contribution in [2.75, 3.05) is 0 Å². The van der Waals surface area contributed by atoms with Gasteiger partial charge in [-0.1, -0.05) is 80.5 Å². The van der Waals surface area contributed by atoms with E-state index in [-0.39, 0.29) is 0 Å². The quantitative estimate of drug-likeness (QED) is 0.406. The molecule has 0 amide bonds. The number of hydrogen-bond acceptors (Lipinski definition) is 0. The van der Waals surface area contributed by atoms with Crippen LogP contribution in [0.1, 0.15) is 77.0 Å². The summed E-state index contributed by atoms with van der Waals surface area (Å²) < 4.78 is 0. The monoisotopic (exact) mass is 256 g/mol. The summed E-state index contributed by atoms with van der Waals surface area (Å²) in [5.74, 6) is 4.32. The van der Waals surface area contributed by atoms with E-state index in [1.807, 2.05) is 5.57 Å². The molecule has 2 aliphatic carbocycles. The summed E-state index contributed by atoms with van der Waals surface area (Å²) in [5, 5.41) is 0. The van der Waals surface area contributed by atoms with Gasteiger partial charge in [-0.2, -0.15) is 0 Å². The minimum absolute atomic E-state index is 1.01. The van der Waals surface area contributed by atoms with Gasteiger partial charge in [0.05, 0.1) is 0 Å². The van der Waals surface area contributed by atoms with E-state index >= 15 is 0 Å². The summed E-state index contributed by atoms with van der Waals surface area (Å²) in [5.41, 5.74) is 1.86. The Kier molecular flexibility index (Phi) is 3.50. The number of fused-ring (bicyclic) bond motifs is 3. The Balaban J connectivity index is 1.51. The Morgan fingerprint density at radius 2 is 1.53 bits per heavy atom. The second-order valence-corrected chi connectivity index (χ2v) is 7.91. The SMILES string of the molecule is C1=C2CCCC[C@@H]2C[C@@H](B2C3CCCC2CCC3)C1. The third-order valence-electron chi connectivity index (χ3n) is 7.00. The van der Waals surface area contributed by atoms with Crippen molar-refractivity contribution >= 4 is 6.71 Å². The van der Waals surface area contributed by atoms with Gasteiger partial charge in [-0.3, -0.25) is 0 Å². The number of hydrogen-bond donors (Lipinski definition) is 0. The van der Waals surface area contributed by atoms with Gasteiger partial charge in [-0.05, 0) is 31.6 Å². The lowest BCUT2D eigenvalue weighted by Gasteiger charge is -2.46. The highest BCUT2D eigenvalue weighted by molar-refractivity contribution is 6.64. The zero-order valence-electron chi connectivity index (χ0n) is 12.4. The average Bonchev–Trinajstić information content (AvgIpc) is 2.46. The van der Waals surface area contributed by atoms with Crippen molar-refractivity contribution in [1.29, 1.82) is 0 Å². The van der Waals surface area contributed by atoms with Gasteiger partial charge >= 0.3 is 0 Å². The molecule has 0 aromatic heterocycles. The predicted molar refractivity (Wildman–Crippen MR) is 84.0 cm³/mol. The standard InChI is InChI=1S/C18H29B/c1-2-6-15-13-18(12-11-14(15)5-1)19-16-7-3-8-17(19)10-4-9-16/h11,15-18H,1-10,12-13H2/t15-,16?,17?,18+/m1/s1. The Hall–Kier alpha value is -0.195. The molecular weight excluding hydrogens is 227 g/mol. The van der Waals surface area contributed by atoms with E-state index in [1.165, 1.54) is 32.1 Å². The lowest BCUT2D eigenvalue weighted by molar-refractivity contribution is 0.379. The van der Waals surface area contributed by atoms with Gasteiger partial charge in [0.1, 0.15) is 6.71 Å². The van der Waals surface area contributed by atoms with E-state index in [9.17, 15) is 0 Å². The van der Waals surface area contributed by atoms with Crippen LogP contribution in [0, 0.1) is 5.92 Å². The second kappa shape index (κ2) is 5.30. The molecule has 4 aliphatic rings. The fraction of sp³-hybridized carbons (Fsp3) is 0.889. The van der Waals surface area contributed by atoms with Crippen LogP contribution < -0.4 is 0 Å². The molecule has 2 aliphatic heterocycles. The topological polar surface area (TPSA) is 0 Å². The Morgan fingerprint density at radius 3 is 2.26 bits per heavy atom. The summed E-state index contributed by atoms with van der Waals surface area (Å²) in [6, 6.07) is 0. The fourth-order valence-electron chi connectivity index (χ4n) is 6.22. The fourth-order valence-corrected chi connectivity index (χ4v) is 6.22. The average molecular weight is 256 g/mol. The van der Waals surface area contributed by atoms with Crippen LogP contribution in [0.3, 0.4) is 0 Å². The first-order valence-corrected chi connectivity index (χ1v) is 9.11. The summed E-state index contributed by atoms with van der Waals surface area (Å²) in [4.78, 5) is 0. The molecule has 3 fully saturated rings. The third kappa shape index (κ3) is 2.32. The maximum atomic E-state index is 2.70. The minimum Gasteiger partial charge on any atom is -0.0855 e. The van der Waals surface area contributed by atoms with Gasteiger partial charge < -0.3 is 0 Å². The Bertz CT molecular complexity index is 337. The maximum absolute atomic E-state index is 2.70. The molecule has 104 valence electrons. The molecule has 2 heterocycles. The van der Waals surface area contributed by atoms with Crippen LogP contribution in [0.2, 0.25) is 17.5 Å². The van der Waals surface area contributed by atoms with Crippen LogP contribution in [-0.2, 0) is 0 Å². The van der Waals surface area contributed by atoms with Crippen molar-refractivity contribution in [2.24, 2.45) is 5.92 Å². The second-order valence-electron chi connectivity index (χ2n) is 7.91. The van der Waals surface area contributed by atoms with Crippen molar-refractivity contribution in [3.05, 3.63) is 11.6 Å². The molecule has 2 bridgehead atoms. The summed E-state index contributed by atoms with van der Waals surface area (Å²) in [7, 11) is 0. The minimum atomic E-state index is 1.01. The molecule has 2 saturated heterocycles. The van der Waals surface area contributed by atoms with Crippen LogP contribution in [-0.4, -0.2) is 6.71 Å². The number of allylic oxidation sites excluding steroid dienone is 2. The first kappa shape index (κ1) is 12.5. The molecule has 4 rings (SSSR count). The van der Waals surface area contributed by atoms with Crippen molar-refractivity contribution in [3.63, 3.8) is 0 Å². The van der Waals surface area contributed by atoms with E-state index in [0.29, 0.717) is 0 Å². The van der Waals surface area contributed by atoms with Gasteiger partial charge in [-0.25, -0.2) is 0 Å². The molecule has 0 radical (unpaired) electrons. The highest BCUT2D eigenvalue weighted by atomic mass is 14.3. The number of rotatable bonds is 1. The molecule has 1 heteroatoms. The molecule has 0 N–H and O–H groups in total. The molecular formula is C18H29B. The van der Waals surface area contributed by atoms with Crippen molar-refractivity contribution in [2.45, 2.75) is 94.5 Å². The highest BCUT2D eigenvalue weighted by Crippen LogP contribution is 2.54. The Morgan fingerprint density at radius 1 is 0.789 bits per heavy atom. The molecule has 0 aromatic rings.